The Labute approximate surface area is 94.2 Å². The molecule has 0 aromatic heterocycles. The minimum Gasteiger partial charge on any atom is -0.366 e. The van der Waals surface area contributed by atoms with Gasteiger partial charge in [-0.3, -0.25) is 9.00 Å². The van der Waals surface area contributed by atoms with E-state index in [0.717, 1.165) is 0 Å². The zero-order chi connectivity index (χ0) is 12.1. The Morgan fingerprint density at radius 3 is 2.40 bits per heavy atom. The van der Waals surface area contributed by atoms with Crippen molar-refractivity contribution in [3.63, 3.8) is 0 Å². The molecule has 2 atom stereocenters. The summed E-state index contributed by atoms with van der Waals surface area (Å²) in [5.41, 5.74) is -0.311. The molecule has 0 saturated carbocycles. The molecule has 4 nitrogen and oxygen atoms in total. The smallest absolute Gasteiger partial charge is 0.246 e. The molecule has 0 heterocycles. The van der Waals surface area contributed by atoms with Crippen LogP contribution in [0.4, 0.5) is 0 Å². The third kappa shape index (κ3) is 9.87. The Morgan fingerprint density at radius 2 is 2.00 bits per heavy atom. The summed E-state index contributed by atoms with van der Waals surface area (Å²) in [6.45, 7) is 7.56. The predicted octanol–water partition coefficient (Wildman–Crippen LogP) is 0.685. The van der Waals surface area contributed by atoms with Gasteiger partial charge in [0.25, 0.3) is 0 Å². The van der Waals surface area contributed by atoms with Crippen molar-refractivity contribution in [2.24, 2.45) is 0 Å². The van der Waals surface area contributed by atoms with Gasteiger partial charge < -0.3 is 10.1 Å². The lowest BCUT2D eigenvalue weighted by Crippen LogP contribution is -2.39. The van der Waals surface area contributed by atoms with Gasteiger partial charge in [-0.15, -0.1) is 0 Å². The van der Waals surface area contributed by atoms with E-state index in [1.807, 2.05) is 27.7 Å². The number of carbonyl (C=O) groups excluding carboxylic acids is 1. The van der Waals surface area contributed by atoms with Crippen LogP contribution < -0.4 is 5.32 Å². The van der Waals surface area contributed by atoms with Crippen molar-refractivity contribution in [2.45, 2.75) is 39.3 Å². The lowest BCUT2D eigenvalue weighted by atomic mass is 10.2. The van der Waals surface area contributed by atoms with E-state index >= 15 is 0 Å². The van der Waals surface area contributed by atoms with Crippen molar-refractivity contribution in [3.05, 3.63) is 0 Å². The molecule has 1 N–H and O–H groups in total. The van der Waals surface area contributed by atoms with Crippen molar-refractivity contribution < 1.29 is 13.7 Å². The van der Waals surface area contributed by atoms with Crippen LogP contribution in [0.2, 0.25) is 0 Å². The van der Waals surface area contributed by atoms with Gasteiger partial charge >= 0.3 is 0 Å². The molecule has 2 unspecified atom stereocenters. The number of rotatable bonds is 5. The highest BCUT2D eigenvalue weighted by molar-refractivity contribution is 7.84. The topological polar surface area (TPSA) is 55.4 Å². The van der Waals surface area contributed by atoms with Crippen LogP contribution in [0.3, 0.4) is 0 Å². The second kappa shape index (κ2) is 6.23. The molecule has 0 saturated heterocycles. The quantitative estimate of drug-likeness (QED) is 0.762. The van der Waals surface area contributed by atoms with E-state index in [-0.39, 0.29) is 24.2 Å². The average molecular weight is 235 g/mol. The summed E-state index contributed by atoms with van der Waals surface area (Å²) in [7, 11) is -0.889. The fourth-order valence-corrected chi connectivity index (χ4v) is 1.78. The van der Waals surface area contributed by atoms with Crippen LogP contribution in [0.1, 0.15) is 27.7 Å². The minimum atomic E-state index is -0.889. The fraction of sp³-hybridized carbons (Fsp3) is 0.900. The fourth-order valence-electron chi connectivity index (χ4n) is 0.992. The van der Waals surface area contributed by atoms with Gasteiger partial charge in [-0.25, -0.2) is 0 Å². The summed E-state index contributed by atoms with van der Waals surface area (Å²) in [6.07, 6.45) is 1.62. The lowest BCUT2D eigenvalue weighted by Gasteiger charge is -2.20. The first-order valence-corrected chi connectivity index (χ1v) is 6.67. The summed E-state index contributed by atoms with van der Waals surface area (Å²) < 4.78 is 16.2. The van der Waals surface area contributed by atoms with E-state index < -0.39 is 10.8 Å². The SMILES string of the molecule is CC(CS(C)=O)NC(=O)COC(C)(C)C. The molecule has 15 heavy (non-hydrogen) atoms. The van der Waals surface area contributed by atoms with Gasteiger partial charge in [-0.05, 0) is 27.7 Å². The van der Waals surface area contributed by atoms with Crippen molar-refractivity contribution in [1.29, 1.82) is 0 Å². The third-order valence-corrected chi connectivity index (χ3v) is 2.50. The monoisotopic (exact) mass is 235 g/mol. The first kappa shape index (κ1) is 14.6. The molecule has 0 bridgehead atoms. The Morgan fingerprint density at radius 1 is 1.47 bits per heavy atom. The first-order chi connectivity index (χ1) is 6.70. The molecule has 90 valence electrons. The molecular weight excluding hydrogens is 214 g/mol. The van der Waals surface area contributed by atoms with Gasteiger partial charge in [0.1, 0.15) is 6.61 Å². The van der Waals surface area contributed by atoms with Gasteiger partial charge in [0.05, 0.1) is 5.60 Å². The van der Waals surface area contributed by atoms with Gasteiger partial charge in [-0.1, -0.05) is 0 Å². The Balaban J connectivity index is 3.79. The summed E-state index contributed by atoms with van der Waals surface area (Å²) in [6, 6.07) is -0.0769. The number of hydrogen-bond acceptors (Lipinski definition) is 3. The van der Waals surface area contributed by atoms with Gasteiger partial charge in [-0.2, -0.15) is 0 Å². The molecule has 0 spiro atoms. The molecule has 0 aromatic rings. The molecule has 0 aliphatic rings. The van der Waals surface area contributed by atoms with E-state index in [0.29, 0.717) is 5.75 Å². The van der Waals surface area contributed by atoms with E-state index in [4.69, 9.17) is 4.74 Å². The average Bonchev–Trinajstić information content (AvgIpc) is 1.97. The zero-order valence-corrected chi connectivity index (χ0v) is 10.9. The van der Waals surface area contributed by atoms with Crippen LogP contribution in [0.25, 0.3) is 0 Å². The normalized spacial score (nSPS) is 15.8. The molecular formula is C10H21NO3S. The second-order valence-corrected chi connectivity index (χ2v) is 6.09. The standard InChI is InChI=1S/C10H21NO3S/c1-8(7-15(5)13)11-9(12)6-14-10(2,3)4/h8H,6-7H2,1-5H3,(H,11,12). The van der Waals surface area contributed by atoms with Crippen LogP contribution in [-0.2, 0) is 20.3 Å². The van der Waals surface area contributed by atoms with E-state index in [1.165, 1.54) is 0 Å². The number of carbonyl (C=O) groups is 1. The van der Waals surface area contributed by atoms with Crippen molar-refractivity contribution in [1.82, 2.24) is 5.32 Å². The molecule has 1 amide bonds. The number of amides is 1. The first-order valence-electron chi connectivity index (χ1n) is 4.94. The summed E-state index contributed by atoms with van der Waals surface area (Å²) in [5, 5.41) is 2.73. The molecule has 0 aliphatic carbocycles. The van der Waals surface area contributed by atoms with Crippen molar-refractivity contribution in [3.8, 4) is 0 Å². The molecule has 0 aliphatic heterocycles. The zero-order valence-electron chi connectivity index (χ0n) is 10.1. The highest BCUT2D eigenvalue weighted by atomic mass is 32.2. The summed E-state index contributed by atoms with van der Waals surface area (Å²) >= 11 is 0. The van der Waals surface area contributed by atoms with Gasteiger partial charge in [0, 0.05) is 28.9 Å². The second-order valence-electron chi connectivity index (χ2n) is 4.61. The van der Waals surface area contributed by atoms with Crippen molar-refractivity contribution >= 4 is 16.7 Å². The maximum absolute atomic E-state index is 11.3. The van der Waals surface area contributed by atoms with Crippen molar-refractivity contribution in [2.75, 3.05) is 18.6 Å². The van der Waals surface area contributed by atoms with Crippen LogP contribution in [0.15, 0.2) is 0 Å². The molecule has 0 radical (unpaired) electrons. The Kier molecular flexibility index (Phi) is 6.05. The number of hydrogen-bond donors (Lipinski definition) is 1. The van der Waals surface area contributed by atoms with E-state index in [9.17, 15) is 9.00 Å². The minimum absolute atomic E-state index is 0.0458. The van der Waals surface area contributed by atoms with Crippen LogP contribution in [0, 0.1) is 0 Å². The van der Waals surface area contributed by atoms with Gasteiger partial charge in [0.15, 0.2) is 0 Å². The largest absolute Gasteiger partial charge is 0.366 e. The molecule has 5 heteroatoms. The summed E-state index contributed by atoms with van der Waals surface area (Å²) in [4.78, 5) is 11.3. The van der Waals surface area contributed by atoms with E-state index in [1.54, 1.807) is 6.26 Å². The predicted molar refractivity (Wildman–Crippen MR) is 62.2 cm³/mol. The maximum atomic E-state index is 11.3. The van der Waals surface area contributed by atoms with Crippen LogP contribution in [0.5, 0.6) is 0 Å². The van der Waals surface area contributed by atoms with E-state index in [2.05, 4.69) is 5.32 Å². The summed E-state index contributed by atoms with van der Waals surface area (Å²) in [5.74, 6) is 0.309. The molecule has 0 aromatic carbocycles. The number of nitrogens with one attached hydrogen (secondary N) is 1. The van der Waals surface area contributed by atoms with Crippen LogP contribution in [-0.4, -0.2) is 40.4 Å². The van der Waals surface area contributed by atoms with Gasteiger partial charge in [0.2, 0.25) is 5.91 Å². The lowest BCUT2D eigenvalue weighted by molar-refractivity contribution is -0.131. The Hall–Kier alpha value is -0.420. The number of ether oxygens (including phenoxy) is 1. The highest BCUT2D eigenvalue weighted by Gasteiger charge is 2.14. The maximum Gasteiger partial charge on any atom is 0.246 e. The van der Waals surface area contributed by atoms with Crippen LogP contribution >= 0.6 is 0 Å². The highest BCUT2D eigenvalue weighted by Crippen LogP contribution is 2.05. The Bertz CT molecular complexity index is 235. The molecule has 0 rings (SSSR count). The third-order valence-electron chi connectivity index (χ3n) is 1.53. The molecule has 0 fully saturated rings.